The van der Waals surface area contributed by atoms with Crippen LogP contribution in [0.5, 0.6) is 17.2 Å². The van der Waals surface area contributed by atoms with Crippen molar-refractivity contribution in [3.05, 3.63) is 39.8 Å². The molecule has 0 aliphatic heterocycles. The average Bonchev–Trinajstić information content (AvgIpc) is 2.64. The van der Waals surface area contributed by atoms with Crippen molar-refractivity contribution in [2.75, 3.05) is 25.8 Å². The van der Waals surface area contributed by atoms with Crippen LogP contribution in [-0.2, 0) is 9.05 Å². The van der Waals surface area contributed by atoms with Gasteiger partial charge in [-0.25, -0.2) is 0 Å². The van der Waals surface area contributed by atoms with Gasteiger partial charge in [0.15, 0.2) is 19.9 Å². The largest absolute Gasteiger partial charge is 0.508 e. The van der Waals surface area contributed by atoms with E-state index < -0.39 is 14.3 Å². The van der Waals surface area contributed by atoms with E-state index in [0.29, 0.717) is 11.3 Å². The summed E-state index contributed by atoms with van der Waals surface area (Å²) in [5.41, 5.74) is 0.679. The smallest absolute Gasteiger partial charge is 0.237 e. The second-order valence-corrected chi connectivity index (χ2v) is 8.19. The number of aromatic nitrogens is 1. The lowest BCUT2D eigenvalue weighted by Crippen LogP contribution is -2.06. The van der Waals surface area contributed by atoms with Crippen molar-refractivity contribution in [2.24, 2.45) is 0 Å². The molecule has 1 aromatic heterocycles. The topological polar surface area (TPSA) is 72.8 Å². The van der Waals surface area contributed by atoms with E-state index >= 15 is 0 Å². The highest BCUT2D eigenvalue weighted by molar-refractivity contribution is 7.47. The lowest BCUT2D eigenvalue weighted by atomic mass is 10.0. The zero-order chi connectivity index (χ0) is 20.1. The first-order valence-electron chi connectivity index (χ1n) is 7.93. The van der Waals surface area contributed by atoms with E-state index in [4.69, 9.17) is 37.0 Å². The number of hydrogen-bond donors (Lipinski definition) is 2. The Kier molecular flexibility index (Phi) is 7.89. The summed E-state index contributed by atoms with van der Waals surface area (Å²) in [6.45, 7) is 3.85. The average molecular weight is 437 g/mol. The summed E-state index contributed by atoms with van der Waals surface area (Å²) in [6, 6.07) is 4.68. The quantitative estimate of drug-likeness (QED) is 0.383. The zero-order valence-electron chi connectivity index (χ0n) is 15.2. The number of rotatable bonds is 8. The van der Waals surface area contributed by atoms with Crippen molar-refractivity contribution < 1.29 is 23.3 Å². The van der Waals surface area contributed by atoms with Gasteiger partial charge in [-0.1, -0.05) is 37.0 Å². The van der Waals surface area contributed by atoms with Gasteiger partial charge in [0.25, 0.3) is 0 Å². The van der Waals surface area contributed by atoms with E-state index in [1.807, 2.05) is 13.8 Å². The summed E-state index contributed by atoms with van der Waals surface area (Å²) >= 11 is 12.3. The van der Waals surface area contributed by atoms with E-state index in [2.05, 4.69) is 10.3 Å². The van der Waals surface area contributed by atoms with Gasteiger partial charge >= 0.3 is 0 Å². The number of phenolic OH excluding ortho intramolecular Hbond substituents is 1. The summed E-state index contributed by atoms with van der Waals surface area (Å²) in [6.07, 6.45) is 0.242. The number of aromatic hydroxyl groups is 1. The monoisotopic (exact) mass is 436 g/mol. The number of benzene rings is 1. The fraction of sp³-hybridized carbons (Fsp3) is 0.353. The van der Waals surface area contributed by atoms with Gasteiger partial charge in [0.1, 0.15) is 21.5 Å². The molecule has 0 saturated carbocycles. The first-order valence-corrected chi connectivity index (χ1v) is 10.0. The van der Waals surface area contributed by atoms with Crippen molar-refractivity contribution in [3.63, 3.8) is 0 Å². The molecule has 0 bridgehead atoms. The van der Waals surface area contributed by atoms with Crippen LogP contribution < -0.4 is 10.1 Å². The maximum atomic E-state index is 14.2. The third-order valence-corrected chi connectivity index (χ3v) is 5.53. The maximum absolute atomic E-state index is 14.2. The highest BCUT2D eigenvalue weighted by Crippen LogP contribution is 2.43. The molecule has 0 saturated heterocycles. The van der Waals surface area contributed by atoms with Crippen LogP contribution in [0, 0.1) is 5.95 Å². The number of ether oxygens (including phenoxy) is 1. The number of anilines is 1. The fourth-order valence-electron chi connectivity index (χ4n) is 2.22. The van der Waals surface area contributed by atoms with Gasteiger partial charge in [-0.15, -0.1) is 0 Å². The molecule has 2 aromatic rings. The van der Waals surface area contributed by atoms with Gasteiger partial charge < -0.3 is 24.2 Å². The molecule has 2 rings (SSSR count). The molecule has 0 radical (unpaired) electrons. The first-order chi connectivity index (χ1) is 12.8. The minimum absolute atomic E-state index is 0.0164. The van der Waals surface area contributed by atoms with Crippen molar-refractivity contribution in [1.82, 2.24) is 4.98 Å². The lowest BCUT2D eigenvalue weighted by molar-refractivity contribution is 0.342. The lowest BCUT2D eigenvalue weighted by Gasteiger charge is -2.17. The number of nitrogens with zero attached hydrogens (tertiary/aromatic N) is 1. The number of phenols is 1. The third kappa shape index (κ3) is 5.33. The van der Waals surface area contributed by atoms with Gasteiger partial charge in [-0.3, -0.25) is 0 Å². The summed E-state index contributed by atoms with van der Waals surface area (Å²) in [5, 5.41) is 12.5. The Morgan fingerprint density at radius 1 is 1.22 bits per heavy atom. The molecule has 0 unspecified atom stereocenters. The molecule has 0 amide bonds. The van der Waals surface area contributed by atoms with E-state index in [1.165, 1.54) is 26.4 Å². The number of pyridine rings is 1. The van der Waals surface area contributed by atoms with Gasteiger partial charge in [0.2, 0.25) is 5.95 Å². The molecule has 27 heavy (non-hydrogen) atoms. The minimum Gasteiger partial charge on any atom is -0.508 e. The molecular formula is C17H20Cl2FN2O4P. The first kappa shape index (κ1) is 21.9. The fourth-order valence-corrected chi connectivity index (χ4v) is 3.37. The highest BCUT2D eigenvalue weighted by Gasteiger charge is 2.21. The van der Waals surface area contributed by atoms with Crippen molar-refractivity contribution in [3.8, 4) is 17.2 Å². The van der Waals surface area contributed by atoms with E-state index in [9.17, 15) is 9.50 Å². The van der Waals surface area contributed by atoms with Gasteiger partial charge in [0.05, 0.1) is 6.29 Å². The van der Waals surface area contributed by atoms with Crippen molar-refractivity contribution >= 4 is 37.4 Å². The molecule has 148 valence electrons. The number of nitrogens with one attached hydrogen (secondary N) is 1. The summed E-state index contributed by atoms with van der Waals surface area (Å²) < 4.78 is 30.1. The van der Waals surface area contributed by atoms with E-state index in [0.717, 1.165) is 0 Å². The summed E-state index contributed by atoms with van der Waals surface area (Å²) in [7, 11) is 1.78. The molecule has 0 atom stereocenters. The Bertz CT molecular complexity index is 807. The molecule has 1 heterocycles. The predicted octanol–water partition coefficient (Wildman–Crippen LogP) is 6.12. The molecule has 6 nitrogen and oxygen atoms in total. The molecule has 2 N–H and O–H groups in total. The van der Waals surface area contributed by atoms with Crippen LogP contribution >= 0.6 is 31.6 Å². The Balaban J connectivity index is 2.35. The van der Waals surface area contributed by atoms with Crippen LogP contribution in [0.4, 0.5) is 10.2 Å². The van der Waals surface area contributed by atoms with Crippen LogP contribution in [0.15, 0.2) is 18.2 Å². The van der Waals surface area contributed by atoms with Crippen molar-refractivity contribution in [2.45, 2.75) is 19.8 Å². The van der Waals surface area contributed by atoms with Crippen LogP contribution in [0.3, 0.4) is 0 Å². The number of halogens is 3. The second-order valence-electron chi connectivity index (χ2n) is 5.72. The van der Waals surface area contributed by atoms with Crippen LogP contribution in [0.1, 0.15) is 25.3 Å². The number of hydrogen-bond acceptors (Lipinski definition) is 6. The molecule has 0 aliphatic rings. The maximum Gasteiger partial charge on any atom is 0.237 e. The van der Waals surface area contributed by atoms with Crippen LogP contribution in [-0.4, -0.2) is 30.6 Å². The molecule has 10 heteroatoms. The SMILES string of the molecule is COP(CNc1nc(F)c(Cl)c(Oc2ccc(O)c(C(C)C)c2)c1Cl)OC. The molecule has 0 fully saturated rings. The van der Waals surface area contributed by atoms with Gasteiger partial charge in [0, 0.05) is 19.8 Å². The summed E-state index contributed by atoms with van der Waals surface area (Å²) in [5.74, 6) is -0.391. The Morgan fingerprint density at radius 2 is 1.89 bits per heavy atom. The predicted molar refractivity (Wildman–Crippen MR) is 106 cm³/mol. The third-order valence-electron chi connectivity index (χ3n) is 3.62. The zero-order valence-corrected chi connectivity index (χ0v) is 17.6. The Labute approximate surface area is 168 Å². The highest BCUT2D eigenvalue weighted by atomic mass is 35.5. The molecule has 1 aromatic carbocycles. The van der Waals surface area contributed by atoms with Crippen LogP contribution in [0.25, 0.3) is 0 Å². The van der Waals surface area contributed by atoms with Gasteiger partial charge in [-0.2, -0.15) is 9.37 Å². The van der Waals surface area contributed by atoms with Crippen LogP contribution in [0.2, 0.25) is 10.0 Å². The normalized spacial score (nSPS) is 11.3. The van der Waals surface area contributed by atoms with E-state index in [-0.39, 0.29) is 39.6 Å². The Hall–Kier alpha value is -1.37. The Morgan fingerprint density at radius 3 is 2.48 bits per heavy atom. The van der Waals surface area contributed by atoms with E-state index in [1.54, 1.807) is 6.07 Å². The minimum atomic E-state index is -1.22. The molecule has 0 spiro atoms. The molecular weight excluding hydrogens is 417 g/mol. The standard InChI is InChI=1S/C17H20Cl2FN2O4P/c1-9(2)11-7-10(5-6-12(11)23)26-15-13(18)16(20)22-17(14(15)19)21-8-27(24-3)25-4/h5-7,9,23H,8H2,1-4H3,(H,21,22). The second kappa shape index (κ2) is 9.71. The molecule has 0 aliphatic carbocycles. The van der Waals surface area contributed by atoms with Crippen molar-refractivity contribution in [1.29, 1.82) is 0 Å². The summed E-state index contributed by atoms with van der Waals surface area (Å²) in [4.78, 5) is 3.71. The van der Waals surface area contributed by atoms with Gasteiger partial charge in [-0.05, 0) is 24.1 Å².